The van der Waals surface area contributed by atoms with Crippen LogP contribution in [-0.4, -0.2) is 60.3 Å². The molecule has 2 heterocycles. The average molecular weight is 212 g/mol. The lowest BCUT2D eigenvalue weighted by Gasteiger charge is -2.29. The van der Waals surface area contributed by atoms with Gasteiger partial charge < -0.3 is 10.0 Å². The Morgan fingerprint density at radius 2 is 1.87 bits per heavy atom. The third kappa shape index (κ3) is 2.71. The van der Waals surface area contributed by atoms with Gasteiger partial charge in [-0.25, -0.2) is 0 Å². The number of likely N-dealkylation sites (N-methyl/N-ethyl adjacent to an activating group) is 1. The van der Waals surface area contributed by atoms with E-state index in [2.05, 4.69) is 16.8 Å². The Kier molecular flexibility index (Phi) is 4.00. The molecule has 88 valence electrons. The molecule has 2 saturated heterocycles. The predicted octanol–water partition coefficient (Wildman–Crippen LogP) is 0.927. The van der Waals surface area contributed by atoms with E-state index in [-0.39, 0.29) is 0 Å². The molecule has 0 aromatic carbocycles. The van der Waals surface area contributed by atoms with Gasteiger partial charge in [-0.1, -0.05) is 0 Å². The first-order chi connectivity index (χ1) is 7.31. The standard InChI is InChI=1S/C12H24N2O/c1-13-7-2-5-12(13)10-14-8-3-4-11(14)6-9-15/h11-12,15H,2-10H2,1H3/t11-,12-/m0/s1. The van der Waals surface area contributed by atoms with Crippen LogP contribution in [0.1, 0.15) is 32.1 Å². The van der Waals surface area contributed by atoms with Gasteiger partial charge in [-0.15, -0.1) is 0 Å². The van der Waals surface area contributed by atoms with Gasteiger partial charge in [0.2, 0.25) is 0 Å². The summed E-state index contributed by atoms with van der Waals surface area (Å²) in [5.41, 5.74) is 0. The van der Waals surface area contributed by atoms with Crippen LogP contribution in [0.3, 0.4) is 0 Å². The fourth-order valence-electron chi connectivity index (χ4n) is 3.09. The second-order valence-corrected chi connectivity index (χ2v) is 5.08. The molecule has 0 radical (unpaired) electrons. The van der Waals surface area contributed by atoms with Crippen LogP contribution in [-0.2, 0) is 0 Å². The molecular weight excluding hydrogens is 188 g/mol. The van der Waals surface area contributed by atoms with E-state index in [1.54, 1.807) is 0 Å². The van der Waals surface area contributed by atoms with Crippen molar-refractivity contribution in [2.45, 2.75) is 44.2 Å². The topological polar surface area (TPSA) is 26.7 Å². The third-order valence-electron chi connectivity index (χ3n) is 4.08. The van der Waals surface area contributed by atoms with Crippen molar-refractivity contribution in [3.05, 3.63) is 0 Å². The molecule has 0 aromatic heterocycles. The van der Waals surface area contributed by atoms with Crippen LogP contribution in [0.15, 0.2) is 0 Å². The van der Waals surface area contributed by atoms with E-state index in [9.17, 15) is 0 Å². The molecule has 0 unspecified atom stereocenters. The van der Waals surface area contributed by atoms with Gasteiger partial charge in [-0.3, -0.25) is 4.90 Å². The molecule has 0 aromatic rings. The van der Waals surface area contributed by atoms with Gasteiger partial charge >= 0.3 is 0 Å². The molecule has 0 spiro atoms. The lowest BCUT2D eigenvalue weighted by Crippen LogP contribution is -2.41. The van der Waals surface area contributed by atoms with Gasteiger partial charge in [0, 0.05) is 25.2 Å². The number of nitrogens with zero attached hydrogens (tertiary/aromatic N) is 2. The van der Waals surface area contributed by atoms with Gasteiger partial charge in [0.1, 0.15) is 0 Å². The van der Waals surface area contributed by atoms with Crippen molar-refractivity contribution in [3.63, 3.8) is 0 Å². The first-order valence-electron chi connectivity index (χ1n) is 6.36. The Morgan fingerprint density at radius 1 is 1.13 bits per heavy atom. The van der Waals surface area contributed by atoms with E-state index in [0.29, 0.717) is 12.6 Å². The molecule has 2 rings (SSSR count). The highest BCUT2D eigenvalue weighted by Gasteiger charge is 2.29. The highest BCUT2D eigenvalue weighted by molar-refractivity contribution is 4.85. The maximum Gasteiger partial charge on any atom is 0.0445 e. The number of aliphatic hydroxyl groups excluding tert-OH is 1. The molecule has 2 aliphatic heterocycles. The van der Waals surface area contributed by atoms with E-state index < -0.39 is 0 Å². The van der Waals surface area contributed by atoms with E-state index in [0.717, 1.165) is 12.5 Å². The molecular formula is C12H24N2O. The minimum atomic E-state index is 0.349. The maximum atomic E-state index is 9.02. The maximum absolute atomic E-state index is 9.02. The summed E-state index contributed by atoms with van der Waals surface area (Å²) in [4.78, 5) is 5.09. The van der Waals surface area contributed by atoms with Crippen LogP contribution in [0.5, 0.6) is 0 Å². The lowest BCUT2D eigenvalue weighted by atomic mass is 10.1. The predicted molar refractivity (Wildman–Crippen MR) is 61.9 cm³/mol. The molecule has 2 fully saturated rings. The van der Waals surface area contributed by atoms with Crippen LogP contribution in [0.2, 0.25) is 0 Å². The van der Waals surface area contributed by atoms with Gasteiger partial charge in [0.25, 0.3) is 0 Å². The summed E-state index contributed by atoms with van der Waals surface area (Å²) in [5.74, 6) is 0. The second-order valence-electron chi connectivity index (χ2n) is 5.08. The Balaban J connectivity index is 1.82. The summed E-state index contributed by atoms with van der Waals surface area (Å²) in [6, 6.07) is 1.42. The number of hydrogen-bond acceptors (Lipinski definition) is 3. The first-order valence-corrected chi connectivity index (χ1v) is 6.36. The van der Waals surface area contributed by atoms with E-state index in [1.165, 1.54) is 45.3 Å². The van der Waals surface area contributed by atoms with Crippen molar-refractivity contribution in [3.8, 4) is 0 Å². The Hall–Kier alpha value is -0.120. The van der Waals surface area contributed by atoms with Crippen molar-refractivity contribution >= 4 is 0 Å². The number of likely N-dealkylation sites (tertiary alicyclic amines) is 2. The SMILES string of the molecule is CN1CCC[C@H]1CN1CCC[C@H]1CCO. The Morgan fingerprint density at radius 3 is 2.53 bits per heavy atom. The highest BCUT2D eigenvalue weighted by Crippen LogP contribution is 2.23. The van der Waals surface area contributed by atoms with Crippen molar-refractivity contribution in [2.75, 3.05) is 33.3 Å². The largest absolute Gasteiger partial charge is 0.396 e. The summed E-state index contributed by atoms with van der Waals surface area (Å²) < 4.78 is 0. The van der Waals surface area contributed by atoms with Crippen molar-refractivity contribution in [2.24, 2.45) is 0 Å². The zero-order valence-corrected chi connectivity index (χ0v) is 9.86. The molecule has 3 heteroatoms. The molecule has 0 bridgehead atoms. The molecule has 2 aliphatic rings. The van der Waals surface area contributed by atoms with Crippen LogP contribution in [0.4, 0.5) is 0 Å². The zero-order chi connectivity index (χ0) is 10.7. The monoisotopic (exact) mass is 212 g/mol. The third-order valence-corrected chi connectivity index (χ3v) is 4.08. The lowest BCUT2D eigenvalue weighted by molar-refractivity contribution is 0.156. The molecule has 3 nitrogen and oxygen atoms in total. The summed E-state index contributed by atoms with van der Waals surface area (Å²) >= 11 is 0. The first kappa shape index (κ1) is 11.4. The fraction of sp³-hybridized carbons (Fsp3) is 1.00. The van der Waals surface area contributed by atoms with Crippen LogP contribution >= 0.6 is 0 Å². The fourth-order valence-corrected chi connectivity index (χ4v) is 3.09. The highest BCUT2D eigenvalue weighted by atomic mass is 16.3. The van der Waals surface area contributed by atoms with Gasteiger partial charge in [0.05, 0.1) is 0 Å². The number of aliphatic hydroxyl groups is 1. The summed E-state index contributed by atoms with van der Waals surface area (Å²) in [6.07, 6.45) is 6.30. The minimum absolute atomic E-state index is 0.349. The summed E-state index contributed by atoms with van der Waals surface area (Å²) in [6.45, 7) is 4.08. The number of rotatable bonds is 4. The van der Waals surface area contributed by atoms with Crippen molar-refractivity contribution < 1.29 is 5.11 Å². The van der Waals surface area contributed by atoms with Crippen molar-refractivity contribution in [1.29, 1.82) is 0 Å². The van der Waals surface area contributed by atoms with Gasteiger partial charge in [0.15, 0.2) is 0 Å². The van der Waals surface area contributed by atoms with Gasteiger partial charge in [-0.05, 0) is 52.2 Å². The summed E-state index contributed by atoms with van der Waals surface area (Å²) in [7, 11) is 2.24. The normalized spacial score (nSPS) is 34.0. The molecule has 2 atom stereocenters. The van der Waals surface area contributed by atoms with E-state index >= 15 is 0 Å². The molecule has 0 amide bonds. The van der Waals surface area contributed by atoms with Crippen LogP contribution in [0.25, 0.3) is 0 Å². The van der Waals surface area contributed by atoms with E-state index in [1.807, 2.05) is 0 Å². The number of hydrogen-bond donors (Lipinski definition) is 1. The summed E-state index contributed by atoms with van der Waals surface area (Å²) in [5, 5.41) is 9.02. The molecule has 0 aliphatic carbocycles. The Labute approximate surface area is 93.1 Å². The van der Waals surface area contributed by atoms with Gasteiger partial charge in [-0.2, -0.15) is 0 Å². The zero-order valence-electron chi connectivity index (χ0n) is 9.86. The Bertz CT molecular complexity index is 198. The molecule has 15 heavy (non-hydrogen) atoms. The second kappa shape index (κ2) is 5.28. The van der Waals surface area contributed by atoms with Crippen LogP contribution < -0.4 is 0 Å². The van der Waals surface area contributed by atoms with E-state index in [4.69, 9.17) is 5.11 Å². The molecule has 1 N–H and O–H groups in total. The van der Waals surface area contributed by atoms with Crippen LogP contribution in [0, 0.1) is 0 Å². The quantitative estimate of drug-likeness (QED) is 0.751. The minimum Gasteiger partial charge on any atom is -0.396 e. The smallest absolute Gasteiger partial charge is 0.0445 e. The van der Waals surface area contributed by atoms with Crippen molar-refractivity contribution in [1.82, 2.24) is 9.80 Å². The average Bonchev–Trinajstić information content (AvgIpc) is 2.80. The molecule has 0 saturated carbocycles.